The fraction of sp³-hybridized carbons (Fsp3) is 0.143. The zero-order valence-electron chi connectivity index (χ0n) is 11.0. The maximum Gasteiger partial charge on any atom is 0.573 e. The van der Waals surface area contributed by atoms with E-state index in [1.165, 1.54) is 36.7 Å². The zero-order chi connectivity index (χ0) is 16.2. The molecule has 0 unspecified atom stereocenters. The Morgan fingerprint density at radius 1 is 1.18 bits per heavy atom. The number of carbonyl (C=O) groups excluding carboxylic acids is 1. The van der Waals surface area contributed by atoms with E-state index in [9.17, 15) is 22.4 Å². The summed E-state index contributed by atoms with van der Waals surface area (Å²) < 4.78 is 53.8. The van der Waals surface area contributed by atoms with Crippen molar-refractivity contribution in [1.29, 1.82) is 0 Å². The minimum Gasteiger partial charge on any atom is -0.403 e. The molecule has 2 aromatic rings. The number of pyridine rings is 1. The number of hydrogen-bond donors (Lipinski definition) is 1. The van der Waals surface area contributed by atoms with Crippen LogP contribution in [0.5, 0.6) is 5.75 Å². The van der Waals surface area contributed by atoms with Gasteiger partial charge in [-0.15, -0.1) is 13.2 Å². The van der Waals surface area contributed by atoms with Crippen LogP contribution in [0.1, 0.15) is 15.9 Å². The number of nitrogens with one attached hydrogen (secondary N) is 1. The summed E-state index contributed by atoms with van der Waals surface area (Å²) in [5, 5.41) is 2.40. The van der Waals surface area contributed by atoms with Gasteiger partial charge in [-0.1, -0.05) is 12.1 Å². The smallest absolute Gasteiger partial charge is 0.403 e. The number of alkyl halides is 3. The molecule has 1 heterocycles. The lowest BCUT2D eigenvalue weighted by Crippen LogP contribution is -2.24. The number of ether oxygens (including phenoxy) is 1. The van der Waals surface area contributed by atoms with E-state index in [-0.39, 0.29) is 12.1 Å². The monoisotopic (exact) mass is 314 g/mol. The van der Waals surface area contributed by atoms with E-state index in [4.69, 9.17) is 0 Å². The van der Waals surface area contributed by atoms with Gasteiger partial charge >= 0.3 is 6.36 Å². The molecule has 0 aliphatic carbocycles. The van der Waals surface area contributed by atoms with E-state index >= 15 is 0 Å². The molecule has 0 aliphatic rings. The molecule has 0 spiro atoms. The van der Waals surface area contributed by atoms with E-state index in [0.29, 0.717) is 5.56 Å². The van der Waals surface area contributed by atoms with Gasteiger partial charge in [-0.2, -0.15) is 0 Å². The van der Waals surface area contributed by atoms with Gasteiger partial charge in [0.15, 0.2) is 11.6 Å². The van der Waals surface area contributed by atoms with Gasteiger partial charge in [-0.25, -0.2) is 4.39 Å². The van der Waals surface area contributed by atoms with Crippen molar-refractivity contribution < 1.29 is 27.1 Å². The number of nitrogens with zero attached hydrogens (tertiary/aromatic N) is 1. The Kier molecular flexibility index (Phi) is 4.59. The number of carbonyl (C=O) groups is 1. The maximum absolute atomic E-state index is 13.9. The van der Waals surface area contributed by atoms with Crippen molar-refractivity contribution in [2.45, 2.75) is 12.9 Å². The summed E-state index contributed by atoms with van der Waals surface area (Å²) in [6, 6.07) is 6.23. The highest BCUT2D eigenvalue weighted by atomic mass is 19.4. The molecule has 4 nitrogen and oxygen atoms in total. The third-order valence-electron chi connectivity index (χ3n) is 2.65. The second kappa shape index (κ2) is 6.42. The van der Waals surface area contributed by atoms with E-state index in [2.05, 4.69) is 15.0 Å². The Morgan fingerprint density at radius 2 is 1.86 bits per heavy atom. The highest BCUT2D eigenvalue weighted by Crippen LogP contribution is 2.27. The van der Waals surface area contributed by atoms with Crippen molar-refractivity contribution in [1.82, 2.24) is 10.3 Å². The number of amides is 1. The molecule has 1 aromatic carbocycles. The van der Waals surface area contributed by atoms with Gasteiger partial charge in [-0.3, -0.25) is 9.78 Å². The molecule has 8 heteroatoms. The summed E-state index contributed by atoms with van der Waals surface area (Å²) in [5.41, 5.74) is 0.183. The van der Waals surface area contributed by atoms with Crippen LogP contribution in [0.2, 0.25) is 0 Å². The summed E-state index contributed by atoms with van der Waals surface area (Å²) >= 11 is 0. The van der Waals surface area contributed by atoms with Crippen molar-refractivity contribution in [2.75, 3.05) is 0 Å². The van der Waals surface area contributed by atoms with Gasteiger partial charge in [0.05, 0.1) is 0 Å². The Morgan fingerprint density at radius 3 is 2.50 bits per heavy atom. The molecule has 0 bridgehead atoms. The fourth-order valence-corrected chi connectivity index (χ4v) is 1.68. The van der Waals surface area contributed by atoms with Crippen molar-refractivity contribution in [3.05, 3.63) is 59.7 Å². The predicted molar refractivity (Wildman–Crippen MR) is 68.5 cm³/mol. The standard InChI is InChI=1S/C14H10F4N2O2/c15-12-10(2-1-3-11(12)22-14(16,17)18)8-20-13(21)9-4-6-19-7-5-9/h1-7H,8H2,(H,20,21). The second-order valence-electron chi connectivity index (χ2n) is 4.20. The lowest BCUT2D eigenvalue weighted by Gasteiger charge is -2.12. The first-order chi connectivity index (χ1) is 10.4. The van der Waals surface area contributed by atoms with E-state index in [1.54, 1.807) is 0 Å². The third kappa shape index (κ3) is 4.18. The minimum absolute atomic E-state index is 0.121. The molecule has 2 rings (SSSR count). The van der Waals surface area contributed by atoms with Crippen molar-refractivity contribution in [3.8, 4) is 5.75 Å². The zero-order valence-corrected chi connectivity index (χ0v) is 11.0. The van der Waals surface area contributed by atoms with Crippen LogP contribution >= 0.6 is 0 Å². The molecule has 0 saturated carbocycles. The van der Waals surface area contributed by atoms with Gasteiger partial charge in [0, 0.05) is 30.1 Å². The van der Waals surface area contributed by atoms with Crippen LogP contribution in [0.4, 0.5) is 17.6 Å². The summed E-state index contributed by atoms with van der Waals surface area (Å²) in [5.74, 6) is -2.61. The largest absolute Gasteiger partial charge is 0.573 e. The molecule has 0 aliphatic heterocycles. The van der Waals surface area contributed by atoms with Crippen LogP contribution < -0.4 is 10.1 Å². The molecule has 0 saturated heterocycles. The topological polar surface area (TPSA) is 51.2 Å². The molecule has 0 atom stereocenters. The summed E-state index contributed by atoms with van der Waals surface area (Å²) in [6.45, 7) is -0.276. The van der Waals surface area contributed by atoms with Crippen molar-refractivity contribution >= 4 is 5.91 Å². The number of halogens is 4. The van der Waals surface area contributed by atoms with E-state index in [1.807, 2.05) is 0 Å². The van der Waals surface area contributed by atoms with Crippen LogP contribution in [0, 0.1) is 5.82 Å². The fourth-order valence-electron chi connectivity index (χ4n) is 1.68. The van der Waals surface area contributed by atoms with Gasteiger partial charge in [0.2, 0.25) is 0 Å². The second-order valence-corrected chi connectivity index (χ2v) is 4.20. The van der Waals surface area contributed by atoms with Crippen molar-refractivity contribution in [2.24, 2.45) is 0 Å². The van der Waals surface area contributed by atoms with Crippen LogP contribution in [0.3, 0.4) is 0 Å². The van der Waals surface area contributed by atoms with Crippen LogP contribution in [0.15, 0.2) is 42.7 Å². The Balaban J connectivity index is 2.07. The first-order valence-corrected chi connectivity index (χ1v) is 6.08. The number of hydrogen-bond acceptors (Lipinski definition) is 3. The number of rotatable bonds is 4. The third-order valence-corrected chi connectivity index (χ3v) is 2.65. The van der Waals surface area contributed by atoms with Crippen LogP contribution in [-0.2, 0) is 6.54 Å². The first kappa shape index (κ1) is 15.7. The predicted octanol–water partition coefficient (Wildman–Crippen LogP) is 3.05. The highest BCUT2D eigenvalue weighted by molar-refractivity contribution is 5.93. The Bertz CT molecular complexity index is 660. The first-order valence-electron chi connectivity index (χ1n) is 6.08. The van der Waals surface area contributed by atoms with E-state index < -0.39 is 23.8 Å². The lowest BCUT2D eigenvalue weighted by molar-refractivity contribution is -0.275. The highest BCUT2D eigenvalue weighted by Gasteiger charge is 2.32. The summed E-state index contributed by atoms with van der Waals surface area (Å²) in [7, 11) is 0. The van der Waals surface area contributed by atoms with Crippen molar-refractivity contribution in [3.63, 3.8) is 0 Å². The van der Waals surface area contributed by atoms with E-state index in [0.717, 1.165) is 6.07 Å². The van der Waals surface area contributed by atoms with Crippen LogP contribution in [0.25, 0.3) is 0 Å². The number of aromatic nitrogens is 1. The maximum atomic E-state index is 13.9. The molecule has 1 N–H and O–H groups in total. The number of benzene rings is 1. The quantitative estimate of drug-likeness (QED) is 0.883. The van der Waals surface area contributed by atoms with Gasteiger partial charge in [0.25, 0.3) is 5.91 Å². The van der Waals surface area contributed by atoms with Crippen LogP contribution in [-0.4, -0.2) is 17.3 Å². The molecular weight excluding hydrogens is 304 g/mol. The molecule has 116 valence electrons. The van der Waals surface area contributed by atoms with Gasteiger partial charge in [0.1, 0.15) is 0 Å². The molecule has 0 fully saturated rings. The van der Waals surface area contributed by atoms with Gasteiger partial charge in [-0.05, 0) is 18.2 Å². The average molecular weight is 314 g/mol. The Hall–Kier alpha value is -2.64. The molecule has 1 aromatic heterocycles. The summed E-state index contributed by atoms with van der Waals surface area (Å²) in [6.07, 6.45) is -2.17. The minimum atomic E-state index is -4.99. The van der Waals surface area contributed by atoms with Gasteiger partial charge < -0.3 is 10.1 Å². The molecular formula is C14H10F4N2O2. The average Bonchev–Trinajstić information content (AvgIpc) is 2.47. The summed E-state index contributed by atoms with van der Waals surface area (Å²) in [4.78, 5) is 15.5. The normalized spacial score (nSPS) is 11.1. The lowest BCUT2D eigenvalue weighted by atomic mass is 10.2. The Labute approximate surface area is 122 Å². The molecule has 0 radical (unpaired) electrons. The SMILES string of the molecule is O=C(NCc1cccc(OC(F)(F)F)c1F)c1ccncc1. The molecule has 22 heavy (non-hydrogen) atoms. The molecule has 1 amide bonds.